The number of para-hydroxylation sites is 2. The van der Waals surface area contributed by atoms with Gasteiger partial charge >= 0.3 is 5.97 Å². The Balaban J connectivity index is 1.66. The maximum atomic E-state index is 12.4. The summed E-state index contributed by atoms with van der Waals surface area (Å²) in [6, 6.07) is 18.1. The van der Waals surface area contributed by atoms with Crippen molar-refractivity contribution >= 4 is 23.3 Å². The topological polar surface area (TPSA) is 92.7 Å². The van der Waals surface area contributed by atoms with Gasteiger partial charge in [-0.05, 0) is 49.2 Å². The SMILES string of the molecule is Cc1cccc(C)c1OCC(=O)c1ccc(C(=O)Nc2ccccc2C(=O)O)cc1. The number of Topliss-reactive ketones (excluding diaryl/α,β-unsaturated/α-hetero) is 1. The lowest BCUT2D eigenvalue weighted by Crippen LogP contribution is -2.16. The molecule has 0 bridgehead atoms. The first-order chi connectivity index (χ1) is 14.4. The summed E-state index contributed by atoms with van der Waals surface area (Å²) in [6.07, 6.45) is 0. The quantitative estimate of drug-likeness (QED) is 0.566. The number of aromatic carboxylic acids is 1. The van der Waals surface area contributed by atoms with Crippen molar-refractivity contribution < 1.29 is 24.2 Å². The van der Waals surface area contributed by atoms with Gasteiger partial charge in [-0.2, -0.15) is 0 Å². The molecule has 1 amide bonds. The van der Waals surface area contributed by atoms with Crippen LogP contribution in [0.4, 0.5) is 5.69 Å². The minimum absolute atomic E-state index is 0.00120. The molecule has 0 spiro atoms. The van der Waals surface area contributed by atoms with Gasteiger partial charge in [-0.1, -0.05) is 42.5 Å². The molecular weight excluding hydrogens is 382 g/mol. The van der Waals surface area contributed by atoms with E-state index in [2.05, 4.69) is 5.32 Å². The Morgan fingerprint density at radius 2 is 1.43 bits per heavy atom. The van der Waals surface area contributed by atoms with Crippen molar-refractivity contribution in [3.8, 4) is 5.75 Å². The molecule has 0 aliphatic carbocycles. The number of carboxylic acids is 1. The van der Waals surface area contributed by atoms with Crippen LogP contribution in [0.25, 0.3) is 0 Å². The zero-order valence-corrected chi connectivity index (χ0v) is 16.6. The highest BCUT2D eigenvalue weighted by Crippen LogP contribution is 2.22. The molecule has 3 aromatic rings. The van der Waals surface area contributed by atoms with Crippen LogP contribution in [0.3, 0.4) is 0 Å². The van der Waals surface area contributed by atoms with E-state index in [0.29, 0.717) is 16.9 Å². The molecular formula is C24H21NO5. The highest BCUT2D eigenvalue weighted by molar-refractivity contribution is 6.08. The highest BCUT2D eigenvalue weighted by Gasteiger charge is 2.14. The van der Waals surface area contributed by atoms with E-state index < -0.39 is 11.9 Å². The van der Waals surface area contributed by atoms with Crippen molar-refractivity contribution in [2.24, 2.45) is 0 Å². The molecule has 3 aromatic carbocycles. The molecule has 152 valence electrons. The van der Waals surface area contributed by atoms with Gasteiger partial charge in [0.25, 0.3) is 5.91 Å². The maximum absolute atomic E-state index is 12.4. The van der Waals surface area contributed by atoms with Gasteiger partial charge in [-0.3, -0.25) is 9.59 Å². The number of ether oxygens (including phenoxy) is 1. The van der Waals surface area contributed by atoms with Gasteiger partial charge in [-0.15, -0.1) is 0 Å². The first-order valence-corrected chi connectivity index (χ1v) is 9.33. The van der Waals surface area contributed by atoms with Crippen molar-refractivity contribution in [3.05, 3.63) is 94.5 Å². The summed E-state index contributed by atoms with van der Waals surface area (Å²) in [6.45, 7) is 3.73. The Kier molecular flexibility index (Phi) is 6.27. The smallest absolute Gasteiger partial charge is 0.337 e. The average molecular weight is 403 g/mol. The fourth-order valence-corrected chi connectivity index (χ4v) is 3.03. The van der Waals surface area contributed by atoms with Crippen LogP contribution in [0.1, 0.15) is 42.2 Å². The number of nitrogens with one attached hydrogen (secondary N) is 1. The molecule has 3 rings (SSSR count). The van der Waals surface area contributed by atoms with E-state index in [9.17, 15) is 19.5 Å². The Morgan fingerprint density at radius 3 is 2.07 bits per heavy atom. The van der Waals surface area contributed by atoms with Crippen LogP contribution in [-0.4, -0.2) is 29.4 Å². The molecule has 0 aromatic heterocycles. The summed E-state index contributed by atoms with van der Waals surface area (Å²) < 4.78 is 5.69. The number of amides is 1. The number of rotatable bonds is 7. The van der Waals surface area contributed by atoms with Gasteiger partial charge < -0.3 is 15.2 Å². The van der Waals surface area contributed by atoms with Crippen molar-refractivity contribution in [1.29, 1.82) is 0 Å². The molecule has 0 atom stereocenters. The average Bonchev–Trinajstić information content (AvgIpc) is 2.73. The normalized spacial score (nSPS) is 10.3. The Bertz CT molecular complexity index is 1080. The number of hydrogen-bond acceptors (Lipinski definition) is 4. The lowest BCUT2D eigenvalue weighted by atomic mass is 10.1. The van der Waals surface area contributed by atoms with Crippen LogP contribution in [0, 0.1) is 13.8 Å². The second kappa shape index (κ2) is 9.05. The minimum atomic E-state index is -1.13. The number of hydrogen-bond donors (Lipinski definition) is 2. The fourth-order valence-electron chi connectivity index (χ4n) is 3.03. The van der Waals surface area contributed by atoms with Crippen LogP contribution in [0.5, 0.6) is 5.75 Å². The molecule has 0 aliphatic heterocycles. The van der Waals surface area contributed by atoms with Gasteiger partial charge in [0, 0.05) is 11.1 Å². The molecule has 0 saturated carbocycles. The molecule has 0 unspecified atom stereocenters. The Labute approximate surface area is 174 Å². The highest BCUT2D eigenvalue weighted by atomic mass is 16.5. The summed E-state index contributed by atoms with van der Waals surface area (Å²) in [5, 5.41) is 11.8. The molecule has 6 heteroatoms. The van der Waals surface area contributed by atoms with E-state index in [1.165, 1.54) is 24.3 Å². The zero-order chi connectivity index (χ0) is 21.7. The lowest BCUT2D eigenvalue weighted by molar-refractivity contribution is 0.0697. The molecule has 6 nitrogen and oxygen atoms in total. The summed E-state index contributed by atoms with van der Waals surface area (Å²) in [7, 11) is 0. The van der Waals surface area contributed by atoms with E-state index in [-0.39, 0.29) is 23.6 Å². The number of benzene rings is 3. The predicted octanol–water partition coefficient (Wildman–Crippen LogP) is 4.52. The third kappa shape index (κ3) is 4.72. The van der Waals surface area contributed by atoms with Crippen molar-refractivity contribution in [3.63, 3.8) is 0 Å². The summed E-state index contributed by atoms with van der Waals surface area (Å²) in [5.74, 6) is -1.11. The third-order valence-corrected chi connectivity index (χ3v) is 4.63. The van der Waals surface area contributed by atoms with Crippen LogP contribution >= 0.6 is 0 Å². The maximum Gasteiger partial charge on any atom is 0.337 e. The number of carbonyl (C=O) groups is 3. The Hall–Kier alpha value is -3.93. The standard InChI is InChI=1S/C24H21NO5/c1-15-6-5-7-16(2)22(15)30-14-21(26)17-10-12-18(13-11-17)23(27)25-20-9-4-3-8-19(20)24(28)29/h3-13H,14H2,1-2H3,(H,25,27)(H,28,29). The first-order valence-electron chi connectivity index (χ1n) is 9.33. The molecule has 0 heterocycles. The van der Waals surface area contributed by atoms with Gasteiger partial charge in [0.2, 0.25) is 0 Å². The van der Waals surface area contributed by atoms with Crippen molar-refractivity contribution in [1.82, 2.24) is 0 Å². The molecule has 0 saturated heterocycles. The predicted molar refractivity (Wildman–Crippen MR) is 114 cm³/mol. The summed E-state index contributed by atoms with van der Waals surface area (Å²) in [5.41, 5.74) is 2.84. The van der Waals surface area contributed by atoms with Crippen LogP contribution in [0.15, 0.2) is 66.7 Å². The van der Waals surface area contributed by atoms with Crippen LogP contribution in [0.2, 0.25) is 0 Å². The van der Waals surface area contributed by atoms with Crippen molar-refractivity contribution in [2.75, 3.05) is 11.9 Å². The van der Waals surface area contributed by atoms with Gasteiger partial charge in [0.15, 0.2) is 12.4 Å². The second-order valence-corrected chi connectivity index (χ2v) is 6.81. The Morgan fingerprint density at radius 1 is 0.833 bits per heavy atom. The van der Waals surface area contributed by atoms with Gasteiger partial charge in [0.05, 0.1) is 11.3 Å². The number of aryl methyl sites for hydroxylation is 2. The van der Waals surface area contributed by atoms with E-state index in [1.807, 2.05) is 32.0 Å². The van der Waals surface area contributed by atoms with Crippen LogP contribution in [-0.2, 0) is 0 Å². The van der Waals surface area contributed by atoms with E-state index in [4.69, 9.17) is 4.74 Å². The van der Waals surface area contributed by atoms with Crippen LogP contribution < -0.4 is 10.1 Å². The molecule has 2 N–H and O–H groups in total. The summed E-state index contributed by atoms with van der Waals surface area (Å²) in [4.78, 5) is 36.1. The molecule has 30 heavy (non-hydrogen) atoms. The van der Waals surface area contributed by atoms with E-state index in [0.717, 1.165) is 11.1 Å². The van der Waals surface area contributed by atoms with E-state index in [1.54, 1.807) is 24.3 Å². The second-order valence-electron chi connectivity index (χ2n) is 6.81. The zero-order valence-electron chi connectivity index (χ0n) is 16.6. The van der Waals surface area contributed by atoms with E-state index >= 15 is 0 Å². The fraction of sp³-hybridized carbons (Fsp3) is 0.125. The number of anilines is 1. The monoisotopic (exact) mass is 403 g/mol. The third-order valence-electron chi connectivity index (χ3n) is 4.63. The number of carbonyl (C=O) groups excluding carboxylic acids is 2. The lowest BCUT2D eigenvalue weighted by Gasteiger charge is -2.11. The largest absolute Gasteiger partial charge is 0.485 e. The van der Waals surface area contributed by atoms with Crippen molar-refractivity contribution in [2.45, 2.75) is 13.8 Å². The van der Waals surface area contributed by atoms with Gasteiger partial charge in [-0.25, -0.2) is 4.79 Å². The molecule has 0 fully saturated rings. The molecule has 0 aliphatic rings. The number of ketones is 1. The summed E-state index contributed by atoms with van der Waals surface area (Å²) >= 11 is 0. The minimum Gasteiger partial charge on any atom is -0.485 e. The first kappa shape index (κ1) is 20.8. The number of carboxylic acid groups (broad SMARTS) is 1. The van der Waals surface area contributed by atoms with Gasteiger partial charge in [0.1, 0.15) is 5.75 Å². The molecule has 0 radical (unpaired) electrons.